The number of allylic oxidation sites excluding steroid dienone is 4. The monoisotopic (exact) mass is 889 g/mol. The van der Waals surface area contributed by atoms with Crippen LogP contribution in [0.5, 0.6) is 23.0 Å². The lowest BCUT2D eigenvalue weighted by atomic mass is 9.66. The van der Waals surface area contributed by atoms with E-state index in [1.165, 1.54) is 48.0 Å². The molecule has 7 heteroatoms. The molecule has 63 heavy (non-hydrogen) atoms. The predicted molar refractivity (Wildman–Crippen MR) is 263 cm³/mol. The van der Waals surface area contributed by atoms with Gasteiger partial charge in [0.05, 0.1) is 5.41 Å². The number of phenols is 1. The lowest BCUT2D eigenvalue weighted by Gasteiger charge is -2.47. The van der Waals surface area contributed by atoms with Gasteiger partial charge in [-0.2, -0.15) is 0 Å². The number of carbonyl (C=O) groups excluding carboxylic acids is 2. The van der Waals surface area contributed by atoms with Gasteiger partial charge < -0.3 is 19.3 Å². The third kappa shape index (κ3) is 12.6. The van der Waals surface area contributed by atoms with Crippen LogP contribution in [-0.2, 0) is 20.4 Å². The van der Waals surface area contributed by atoms with E-state index in [1.807, 2.05) is 26.8 Å². The Morgan fingerprint density at radius 3 is 1.48 bits per heavy atom. The van der Waals surface area contributed by atoms with Crippen molar-refractivity contribution in [3.63, 3.8) is 0 Å². The number of benzene rings is 2. The van der Waals surface area contributed by atoms with Gasteiger partial charge in [-0.05, 0) is 159 Å². The molecule has 4 aliphatic rings. The number of carbonyl (C=O) groups is 2. The molecule has 0 unspecified atom stereocenters. The quantitative estimate of drug-likeness (QED) is 0.117. The Kier molecular flexibility index (Phi) is 16.4. The average molecular weight is 890 g/mol. The number of fused-ring (bicyclic) bond motifs is 6. The van der Waals surface area contributed by atoms with Gasteiger partial charge in [-0.3, -0.25) is 9.59 Å². The molecule has 6 nitrogen and oxygen atoms in total. The lowest BCUT2D eigenvalue weighted by molar-refractivity contribution is -0.143. The molecule has 2 aromatic rings. The van der Waals surface area contributed by atoms with Crippen molar-refractivity contribution in [1.82, 2.24) is 0 Å². The van der Waals surface area contributed by atoms with Gasteiger partial charge in [0.15, 0.2) is 0 Å². The standard InChI is InChI=1S/C28H42O3.C23H34O2.C5H9ClO/c1-10-11-14-27(6,7)19-16-22(30-25(29)26(3,4)5)24-20-15-18(2)12-13-21(20)28(8,9)31-23(24)17-19;1-7-8-11-22(3,4)16-13-19(24)21-17-12-15(2)9-10-18(17)23(5,6)25-20(21)14-16;1-5(2,3)4(6)7/h12,16-17,20-21H,10-11,13-15H2,1-9H3;9,13-14,17-18,24H,7-8,10-12H2,1-6H3;1-3H3/t20-,21-;17-,18-;/m11./s1. The second-order valence-electron chi connectivity index (χ2n) is 23.7. The van der Waals surface area contributed by atoms with Crippen LogP contribution >= 0.6 is 11.6 Å². The van der Waals surface area contributed by atoms with Crippen molar-refractivity contribution < 1.29 is 28.9 Å². The van der Waals surface area contributed by atoms with E-state index in [4.69, 9.17) is 25.8 Å². The first-order valence-electron chi connectivity index (χ1n) is 24.0. The molecule has 4 atom stereocenters. The zero-order valence-electron chi connectivity index (χ0n) is 42.7. The number of unbranched alkanes of at least 4 members (excludes halogenated alkanes) is 2. The molecular weight excluding hydrogens is 804 g/mol. The minimum Gasteiger partial charge on any atom is -0.508 e. The summed E-state index contributed by atoms with van der Waals surface area (Å²) in [5, 5.41) is 10.6. The van der Waals surface area contributed by atoms with Crippen LogP contribution in [0.25, 0.3) is 0 Å². The first kappa shape index (κ1) is 52.4. The maximum atomic E-state index is 12.9. The molecule has 0 saturated heterocycles. The molecule has 0 radical (unpaired) electrons. The Morgan fingerprint density at radius 2 is 1.08 bits per heavy atom. The number of esters is 1. The second kappa shape index (κ2) is 19.7. The molecule has 352 valence electrons. The summed E-state index contributed by atoms with van der Waals surface area (Å²) in [7, 11) is 0. The third-order valence-corrected chi connectivity index (χ3v) is 14.8. The molecule has 0 bridgehead atoms. The summed E-state index contributed by atoms with van der Waals surface area (Å²) >= 11 is 5.11. The average Bonchev–Trinajstić information content (AvgIpc) is 3.14. The molecule has 1 N–H and O–H groups in total. The molecular formula is C56H85ClO6. The summed E-state index contributed by atoms with van der Waals surface area (Å²) in [6.45, 7) is 37.9. The first-order valence-corrected chi connectivity index (χ1v) is 24.4. The van der Waals surface area contributed by atoms with Crippen molar-refractivity contribution >= 4 is 22.8 Å². The fourth-order valence-electron chi connectivity index (χ4n) is 9.76. The molecule has 2 aliphatic heterocycles. The summed E-state index contributed by atoms with van der Waals surface area (Å²) in [5.74, 6) is 4.21. The molecule has 0 fully saturated rings. The summed E-state index contributed by atoms with van der Waals surface area (Å²) in [6.07, 6.45) is 15.7. The van der Waals surface area contributed by atoms with Crippen molar-refractivity contribution in [2.75, 3.05) is 0 Å². The molecule has 0 saturated carbocycles. The largest absolute Gasteiger partial charge is 0.508 e. The number of ether oxygens (including phenoxy) is 3. The molecule has 0 amide bonds. The van der Waals surface area contributed by atoms with E-state index in [9.17, 15) is 14.7 Å². The number of phenolic OH excluding ortho intramolecular Hbond substituents is 1. The molecule has 0 spiro atoms. The van der Waals surface area contributed by atoms with Crippen LogP contribution in [0.15, 0.2) is 47.6 Å². The lowest BCUT2D eigenvalue weighted by Crippen LogP contribution is -2.45. The van der Waals surface area contributed by atoms with E-state index < -0.39 is 5.41 Å². The minimum absolute atomic E-state index is 0.0132. The van der Waals surface area contributed by atoms with E-state index in [0.29, 0.717) is 35.2 Å². The maximum Gasteiger partial charge on any atom is 0.316 e. The van der Waals surface area contributed by atoms with Crippen LogP contribution in [-0.4, -0.2) is 27.5 Å². The van der Waals surface area contributed by atoms with Crippen molar-refractivity contribution in [1.29, 1.82) is 0 Å². The Bertz CT molecular complexity index is 2020. The van der Waals surface area contributed by atoms with Crippen molar-refractivity contribution in [2.45, 2.75) is 223 Å². The smallest absolute Gasteiger partial charge is 0.316 e. The van der Waals surface area contributed by atoms with E-state index in [0.717, 1.165) is 61.2 Å². The Labute approximate surface area is 388 Å². The van der Waals surface area contributed by atoms with Crippen molar-refractivity contribution in [2.24, 2.45) is 22.7 Å². The predicted octanol–water partition coefficient (Wildman–Crippen LogP) is 16.0. The summed E-state index contributed by atoms with van der Waals surface area (Å²) in [4.78, 5) is 23.2. The van der Waals surface area contributed by atoms with E-state index in [-0.39, 0.29) is 38.7 Å². The van der Waals surface area contributed by atoms with Gasteiger partial charge in [0.25, 0.3) is 0 Å². The summed E-state index contributed by atoms with van der Waals surface area (Å²) in [5.41, 5.74) is 5.98. The maximum absolute atomic E-state index is 12.9. The van der Waals surface area contributed by atoms with Crippen LogP contribution in [0, 0.1) is 22.7 Å². The Morgan fingerprint density at radius 1 is 0.683 bits per heavy atom. The zero-order valence-corrected chi connectivity index (χ0v) is 43.5. The second-order valence-corrected chi connectivity index (χ2v) is 24.1. The normalized spacial score (nSPS) is 22.3. The molecule has 2 aliphatic carbocycles. The van der Waals surface area contributed by atoms with Gasteiger partial charge in [-0.25, -0.2) is 0 Å². The van der Waals surface area contributed by atoms with Crippen LogP contribution in [0.2, 0.25) is 0 Å². The van der Waals surface area contributed by atoms with Crippen molar-refractivity contribution in [3.8, 4) is 23.0 Å². The molecule has 2 aromatic carbocycles. The van der Waals surface area contributed by atoms with E-state index in [1.54, 1.807) is 20.8 Å². The fourth-order valence-corrected chi connectivity index (χ4v) is 9.76. The highest BCUT2D eigenvalue weighted by Gasteiger charge is 2.48. The summed E-state index contributed by atoms with van der Waals surface area (Å²) in [6, 6.07) is 8.56. The Balaban J connectivity index is 0.000000244. The van der Waals surface area contributed by atoms with Gasteiger partial charge >= 0.3 is 5.97 Å². The minimum atomic E-state index is -0.558. The number of halogens is 1. The Hall–Kier alpha value is -3.25. The van der Waals surface area contributed by atoms with Crippen LogP contribution in [0.4, 0.5) is 0 Å². The number of aromatic hydroxyl groups is 1. The number of rotatable bonds is 9. The van der Waals surface area contributed by atoms with Gasteiger partial charge in [0.2, 0.25) is 5.24 Å². The number of hydrogen-bond acceptors (Lipinski definition) is 6. The van der Waals surface area contributed by atoms with Crippen LogP contribution < -0.4 is 14.2 Å². The van der Waals surface area contributed by atoms with Gasteiger partial charge in [-0.15, -0.1) is 0 Å². The SMILES string of the molecule is CC(C)(C)C(=O)Cl.CCCCC(C)(C)c1cc(O)c2c(c1)OC(C)(C)[C@@H]1CC=C(C)C[C@@H]21.CCCCC(C)(C)c1cc(OC(=O)C(C)(C)C)c2c(c1)OC(C)(C)[C@@H]1CC=C(C)C[C@@H]21. The first-order chi connectivity index (χ1) is 28.9. The summed E-state index contributed by atoms with van der Waals surface area (Å²) < 4.78 is 19.2. The highest BCUT2D eigenvalue weighted by atomic mass is 35.5. The highest BCUT2D eigenvalue weighted by Crippen LogP contribution is 2.57. The van der Waals surface area contributed by atoms with Crippen LogP contribution in [0.1, 0.15) is 223 Å². The van der Waals surface area contributed by atoms with Gasteiger partial charge in [0, 0.05) is 40.2 Å². The van der Waals surface area contributed by atoms with E-state index >= 15 is 0 Å². The van der Waals surface area contributed by atoms with E-state index in [2.05, 4.69) is 113 Å². The molecule has 6 rings (SSSR count). The molecule has 2 heterocycles. The third-order valence-electron chi connectivity index (χ3n) is 14.3. The van der Waals surface area contributed by atoms with Gasteiger partial charge in [-0.1, -0.05) is 111 Å². The fraction of sp³-hybridized carbons (Fsp3) is 0.679. The zero-order chi connectivity index (χ0) is 47.7. The number of hydrogen-bond donors (Lipinski definition) is 1. The van der Waals surface area contributed by atoms with Gasteiger partial charge in [0.1, 0.15) is 34.2 Å². The highest BCUT2D eigenvalue weighted by molar-refractivity contribution is 6.64. The topological polar surface area (TPSA) is 82.1 Å². The van der Waals surface area contributed by atoms with Crippen molar-refractivity contribution in [3.05, 3.63) is 69.8 Å². The van der Waals surface area contributed by atoms with Crippen LogP contribution in [0.3, 0.4) is 0 Å². The molecule has 0 aromatic heterocycles.